The Morgan fingerprint density at radius 2 is 1.21 bits per heavy atom. The highest BCUT2D eigenvalue weighted by molar-refractivity contribution is 5.67. The number of phenolic OH excluding ortho intramolecular Hbond substituents is 1. The van der Waals surface area contributed by atoms with Crippen molar-refractivity contribution in [2.45, 2.75) is 40.0 Å². The number of aromatic hydroxyl groups is 1. The third kappa shape index (κ3) is 2.81. The summed E-state index contributed by atoms with van der Waals surface area (Å²) in [5.74, 6) is 0.396. The maximum absolute atomic E-state index is 9.76. The molecule has 0 heterocycles. The largest absolute Gasteiger partial charge is 0.508 e. The van der Waals surface area contributed by atoms with E-state index in [2.05, 4.69) is 45.0 Å². The minimum Gasteiger partial charge on any atom is -0.508 e. The molecule has 0 saturated carbocycles. The zero-order valence-corrected chi connectivity index (χ0v) is 12.0. The first-order valence-corrected chi connectivity index (χ1v) is 7.13. The zero-order valence-electron chi connectivity index (χ0n) is 12.0. The Labute approximate surface area is 115 Å². The Morgan fingerprint density at radius 3 is 1.79 bits per heavy atom. The molecule has 0 saturated heterocycles. The molecule has 0 aliphatic carbocycles. The van der Waals surface area contributed by atoms with E-state index >= 15 is 0 Å². The van der Waals surface area contributed by atoms with Crippen molar-refractivity contribution in [2.24, 2.45) is 0 Å². The van der Waals surface area contributed by atoms with Crippen molar-refractivity contribution < 1.29 is 5.11 Å². The minimum atomic E-state index is 0.396. The third-order valence-corrected chi connectivity index (χ3v) is 3.76. The topological polar surface area (TPSA) is 20.2 Å². The number of hydrogen-bond donors (Lipinski definition) is 1. The average molecular weight is 254 g/mol. The molecular weight excluding hydrogens is 232 g/mol. The lowest BCUT2D eigenvalue weighted by atomic mass is 9.95. The second-order valence-corrected chi connectivity index (χ2v) is 4.89. The highest BCUT2D eigenvalue weighted by Gasteiger charge is 2.06. The highest BCUT2D eigenvalue weighted by atomic mass is 16.3. The van der Waals surface area contributed by atoms with Gasteiger partial charge >= 0.3 is 0 Å². The minimum absolute atomic E-state index is 0.396. The fraction of sp³-hybridized carbons (Fsp3) is 0.333. The van der Waals surface area contributed by atoms with Crippen LogP contribution in [-0.4, -0.2) is 5.11 Å². The summed E-state index contributed by atoms with van der Waals surface area (Å²) < 4.78 is 0. The van der Waals surface area contributed by atoms with Crippen molar-refractivity contribution in [3.63, 3.8) is 0 Å². The summed E-state index contributed by atoms with van der Waals surface area (Å²) in [7, 11) is 0. The average Bonchev–Trinajstić information content (AvgIpc) is 2.47. The summed E-state index contributed by atoms with van der Waals surface area (Å²) in [6.07, 6.45) is 3.00. The molecule has 0 spiro atoms. The van der Waals surface area contributed by atoms with Crippen LogP contribution >= 0.6 is 0 Å². The molecule has 0 aliphatic rings. The first kappa shape index (κ1) is 13.7. The summed E-state index contributed by atoms with van der Waals surface area (Å²) in [6, 6.07) is 12.6. The van der Waals surface area contributed by atoms with Crippen LogP contribution in [0.25, 0.3) is 11.1 Å². The van der Waals surface area contributed by atoms with Crippen molar-refractivity contribution in [2.75, 3.05) is 0 Å². The van der Waals surface area contributed by atoms with Gasteiger partial charge < -0.3 is 5.11 Å². The molecule has 1 nitrogen and oxygen atoms in total. The molecule has 100 valence electrons. The molecule has 0 aliphatic heterocycles. The van der Waals surface area contributed by atoms with E-state index in [1.165, 1.54) is 22.3 Å². The molecule has 0 aromatic heterocycles. The number of rotatable bonds is 4. The van der Waals surface area contributed by atoms with Gasteiger partial charge in [0, 0.05) is 0 Å². The number of benzene rings is 2. The monoisotopic (exact) mass is 254 g/mol. The number of phenols is 1. The molecule has 0 bridgehead atoms. The van der Waals surface area contributed by atoms with Crippen molar-refractivity contribution in [3.05, 3.63) is 53.1 Å². The summed E-state index contributed by atoms with van der Waals surface area (Å²) in [5.41, 5.74) is 6.29. The van der Waals surface area contributed by atoms with E-state index in [1.54, 1.807) is 6.07 Å². The maximum atomic E-state index is 9.76. The van der Waals surface area contributed by atoms with Gasteiger partial charge in [-0.25, -0.2) is 0 Å². The maximum Gasteiger partial charge on any atom is 0.118 e. The van der Waals surface area contributed by atoms with Crippen LogP contribution in [0.2, 0.25) is 0 Å². The van der Waals surface area contributed by atoms with Gasteiger partial charge in [0.25, 0.3) is 0 Å². The Bertz CT molecular complexity index is 570. The number of hydrogen-bond acceptors (Lipinski definition) is 1. The molecule has 1 heteroatoms. The van der Waals surface area contributed by atoms with Gasteiger partial charge in [-0.2, -0.15) is 0 Å². The first-order valence-electron chi connectivity index (χ1n) is 7.13. The van der Waals surface area contributed by atoms with Crippen molar-refractivity contribution in [1.82, 2.24) is 0 Å². The van der Waals surface area contributed by atoms with Crippen LogP contribution in [0, 0.1) is 0 Å². The fourth-order valence-electron chi connectivity index (χ4n) is 2.53. The molecule has 0 fully saturated rings. The zero-order chi connectivity index (χ0) is 13.8. The standard InChI is InChI=1S/C18H22O/c1-4-13-7-8-16(11-14(13)5-2)17-9-10-18(19)15(6-3)12-17/h7-12,19H,4-6H2,1-3H3. The molecule has 0 unspecified atom stereocenters. The van der Waals surface area contributed by atoms with E-state index in [1.807, 2.05) is 6.07 Å². The predicted octanol–water partition coefficient (Wildman–Crippen LogP) is 4.75. The van der Waals surface area contributed by atoms with Crippen LogP contribution < -0.4 is 0 Å². The van der Waals surface area contributed by atoms with Gasteiger partial charge in [-0.3, -0.25) is 0 Å². The quantitative estimate of drug-likeness (QED) is 0.835. The SMILES string of the molecule is CCc1cc(-c2ccc(CC)c(CC)c2)ccc1O. The van der Waals surface area contributed by atoms with Gasteiger partial charge in [0.1, 0.15) is 5.75 Å². The van der Waals surface area contributed by atoms with Crippen molar-refractivity contribution >= 4 is 0 Å². The van der Waals surface area contributed by atoms with Gasteiger partial charge in [-0.15, -0.1) is 0 Å². The molecule has 0 radical (unpaired) electrons. The highest BCUT2D eigenvalue weighted by Crippen LogP contribution is 2.28. The summed E-state index contributed by atoms with van der Waals surface area (Å²) >= 11 is 0. The van der Waals surface area contributed by atoms with Gasteiger partial charge in [0.05, 0.1) is 0 Å². The van der Waals surface area contributed by atoms with Gasteiger partial charge in [0.2, 0.25) is 0 Å². The van der Waals surface area contributed by atoms with Crippen LogP contribution in [0.5, 0.6) is 5.75 Å². The van der Waals surface area contributed by atoms with Crippen molar-refractivity contribution in [3.8, 4) is 16.9 Å². The molecule has 0 amide bonds. The Hall–Kier alpha value is -1.76. The van der Waals surface area contributed by atoms with Gasteiger partial charge in [-0.05, 0) is 59.2 Å². The molecule has 1 N–H and O–H groups in total. The van der Waals surface area contributed by atoms with E-state index in [4.69, 9.17) is 0 Å². The molecular formula is C18H22O. The van der Waals surface area contributed by atoms with Crippen LogP contribution in [-0.2, 0) is 19.3 Å². The first-order chi connectivity index (χ1) is 9.19. The normalized spacial score (nSPS) is 10.7. The summed E-state index contributed by atoms with van der Waals surface area (Å²) in [5, 5.41) is 9.76. The van der Waals surface area contributed by atoms with Crippen molar-refractivity contribution in [1.29, 1.82) is 0 Å². The van der Waals surface area contributed by atoms with E-state index in [0.29, 0.717) is 5.75 Å². The molecule has 0 atom stereocenters. The summed E-state index contributed by atoms with van der Waals surface area (Å²) in [4.78, 5) is 0. The van der Waals surface area contributed by atoms with E-state index in [9.17, 15) is 5.11 Å². The molecule has 2 aromatic rings. The van der Waals surface area contributed by atoms with Gasteiger partial charge in [-0.1, -0.05) is 45.0 Å². The second-order valence-electron chi connectivity index (χ2n) is 4.89. The molecule has 2 rings (SSSR count). The van der Waals surface area contributed by atoms with Crippen LogP contribution in [0.3, 0.4) is 0 Å². The smallest absolute Gasteiger partial charge is 0.118 e. The molecule has 19 heavy (non-hydrogen) atoms. The van der Waals surface area contributed by atoms with E-state index in [0.717, 1.165) is 24.8 Å². The van der Waals surface area contributed by atoms with Crippen LogP contribution in [0.1, 0.15) is 37.5 Å². The lowest BCUT2D eigenvalue weighted by molar-refractivity contribution is 0.469. The summed E-state index contributed by atoms with van der Waals surface area (Å²) in [6.45, 7) is 6.47. The van der Waals surface area contributed by atoms with Gasteiger partial charge in [0.15, 0.2) is 0 Å². The van der Waals surface area contributed by atoms with Crippen LogP contribution in [0.4, 0.5) is 0 Å². The van der Waals surface area contributed by atoms with E-state index in [-0.39, 0.29) is 0 Å². The number of aryl methyl sites for hydroxylation is 3. The fourth-order valence-corrected chi connectivity index (χ4v) is 2.53. The Kier molecular flexibility index (Phi) is 4.26. The lowest BCUT2D eigenvalue weighted by Gasteiger charge is -2.11. The van der Waals surface area contributed by atoms with Crippen LogP contribution in [0.15, 0.2) is 36.4 Å². The lowest BCUT2D eigenvalue weighted by Crippen LogP contribution is -1.92. The Morgan fingerprint density at radius 1 is 0.684 bits per heavy atom. The Balaban J connectivity index is 2.47. The molecule has 2 aromatic carbocycles. The second kappa shape index (κ2) is 5.92. The predicted molar refractivity (Wildman–Crippen MR) is 81.7 cm³/mol. The third-order valence-electron chi connectivity index (χ3n) is 3.76. The van der Waals surface area contributed by atoms with E-state index < -0.39 is 0 Å².